The standard InChI is InChI=1S/C26H27N3O2/c1-25(2)11-18-10-21(30-5)24-20(12-26(3,4)31-24)22(18)23(29-25)17-8-6-7-16(9-17)19-13-27-15-28-14-19/h6-10,13-15H,11-12H2,1-5H3. The zero-order chi connectivity index (χ0) is 21.8. The van der Waals surface area contributed by atoms with E-state index in [0.717, 1.165) is 46.7 Å². The van der Waals surface area contributed by atoms with Crippen molar-refractivity contribution in [3.05, 3.63) is 71.3 Å². The summed E-state index contributed by atoms with van der Waals surface area (Å²) in [5, 5.41) is 0. The van der Waals surface area contributed by atoms with Gasteiger partial charge in [0.25, 0.3) is 0 Å². The molecule has 0 saturated heterocycles. The quantitative estimate of drug-likeness (QED) is 0.604. The highest BCUT2D eigenvalue weighted by Gasteiger charge is 2.39. The van der Waals surface area contributed by atoms with E-state index in [1.54, 1.807) is 13.4 Å². The van der Waals surface area contributed by atoms with Crippen LogP contribution in [0, 0.1) is 0 Å². The SMILES string of the molecule is COc1cc2c(c3c1OC(C)(C)C3)C(c1cccc(-c3cncnc3)c1)=NC(C)(C)C2. The summed E-state index contributed by atoms with van der Waals surface area (Å²) in [4.78, 5) is 13.6. The van der Waals surface area contributed by atoms with E-state index >= 15 is 0 Å². The number of hydrogen-bond acceptors (Lipinski definition) is 5. The van der Waals surface area contributed by atoms with Gasteiger partial charge in [0.2, 0.25) is 0 Å². The van der Waals surface area contributed by atoms with Crippen LogP contribution in [-0.4, -0.2) is 33.9 Å². The van der Waals surface area contributed by atoms with Crippen molar-refractivity contribution in [3.63, 3.8) is 0 Å². The van der Waals surface area contributed by atoms with E-state index in [0.29, 0.717) is 0 Å². The molecule has 0 bridgehead atoms. The first-order valence-electron chi connectivity index (χ1n) is 10.6. The molecular formula is C26H27N3O2. The van der Waals surface area contributed by atoms with Gasteiger partial charge in [-0.05, 0) is 57.4 Å². The molecule has 0 radical (unpaired) electrons. The normalized spacial score (nSPS) is 17.9. The van der Waals surface area contributed by atoms with Crippen molar-refractivity contribution in [3.8, 4) is 22.6 Å². The second-order valence-corrected chi connectivity index (χ2v) is 9.62. The third-order valence-electron chi connectivity index (χ3n) is 5.93. The molecule has 3 heterocycles. The van der Waals surface area contributed by atoms with Gasteiger partial charge in [-0.3, -0.25) is 4.99 Å². The second kappa shape index (κ2) is 6.91. The molecule has 0 atom stereocenters. The molecule has 3 aromatic rings. The molecule has 0 unspecified atom stereocenters. The summed E-state index contributed by atoms with van der Waals surface area (Å²) in [6.45, 7) is 8.62. The lowest BCUT2D eigenvalue weighted by atomic mass is 9.80. The van der Waals surface area contributed by atoms with Gasteiger partial charge in [-0.2, -0.15) is 0 Å². The molecule has 2 aliphatic rings. The molecule has 0 amide bonds. The van der Waals surface area contributed by atoms with Gasteiger partial charge >= 0.3 is 0 Å². The Kier molecular flexibility index (Phi) is 4.40. The minimum Gasteiger partial charge on any atom is -0.493 e. The molecule has 1 aromatic heterocycles. The van der Waals surface area contributed by atoms with Gasteiger partial charge in [0.15, 0.2) is 11.5 Å². The lowest BCUT2D eigenvalue weighted by Gasteiger charge is -2.31. The van der Waals surface area contributed by atoms with Crippen molar-refractivity contribution < 1.29 is 9.47 Å². The van der Waals surface area contributed by atoms with Crippen LogP contribution in [0.4, 0.5) is 0 Å². The Morgan fingerprint density at radius 3 is 2.42 bits per heavy atom. The first-order valence-corrected chi connectivity index (χ1v) is 10.6. The number of aliphatic imine (C=N–C) groups is 1. The number of fused-ring (bicyclic) bond motifs is 3. The summed E-state index contributed by atoms with van der Waals surface area (Å²) in [6.07, 6.45) is 6.92. The van der Waals surface area contributed by atoms with Crippen LogP contribution >= 0.6 is 0 Å². The van der Waals surface area contributed by atoms with Crippen LogP contribution < -0.4 is 9.47 Å². The predicted molar refractivity (Wildman–Crippen MR) is 122 cm³/mol. The maximum atomic E-state index is 6.32. The Bertz CT molecular complexity index is 1200. The Morgan fingerprint density at radius 2 is 1.68 bits per heavy atom. The van der Waals surface area contributed by atoms with Crippen LogP contribution in [0.2, 0.25) is 0 Å². The van der Waals surface area contributed by atoms with Crippen LogP contribution in [0.3, 0.4) is 0 Å². The average molecular weight is 414 g/mol. The summed E-state index contributed by atoms with van der Waals surface area (Å²) in [5.74, 6) is 1.66. The predicted octanol–water partition coefficient (Wildman–Crippen LogP) is 5.04. The van der Waals surface area contributed by atoms with E-state index in [4.69, 9.17) is 14.5 Å². The molecule has 158 valence electrons. The molecule has 2 aliphatic heterocycles. The van der Waals surface area contributed by atoms with Gasteiger partial charge in [0.1, 0.15) is 11.9 Å². The van der Waals surface area contributed by atoms with Crippen LogP contribution in [0.15, 0.2) is 54.0 Å². The zero-order valence-corrected chi connectivity index (χ0v) is 18.7. The van der Waals surface area contributed by atoms with Crippen LogP contribution in [0.1, 0.15) is 49.9 Å². The van der Waals surface area contributed by atoms with E-state index in [2.05, 4.69) is 68.0 Å². The second-order valence-electron chi connectivity index (χ2n) is 9.62. The summed E-state index contributed by atoms with van der Waals surface area (Å²) in [7, 11) is 1.71. The zero-order valence-electron chi connectivity index (χ0n) is 18.7. The summed E-state index contributed by atoms with van der Waals surface area (Å²) >= 11 is 0. The minimum absolute atomic E-state index is 0.206. The summed E-state index contributed by atoms with van der Waals surface area (Å²) < 4.78 is 12.0. The fraction of sp³-hybridized carbons (Fsp3) is 0.346. The number of ether oxygens (including phenoxy) is 2. The van der Waals surface area contributed by atoms with Crippen LogP contribution in [0.25, 0.3) is 11.1 Å². The topological polar surface area (TPSA) is 56.6 Å². The van der Waals surface area contributed by atoms with E-state index in [1.807, 2.05) is 12.4 Å². The van der Waals surface area contributed by atoms with Crippen molar-refractivity contribution in [2.24, 2.45) is 4.99 Å². The largest absolute Gasteiger partial charge is 0.493 e. The monoisotopic (exact) mass is 413 g/mol. The molecule has 31 heavy (non-hydrogen) atoms. The molecule has 0 fully saturated rings. The molecule has 0 spiro atoms. The van der Waals surface area contributed by atoms with Gasteiger partial charge in [0.05, 0.1) is 18.4 Å². The molecule has 2 aromatic carbocycles. The lowest BCUT2D eigenvalue weighted by molar-refractivity contribution is 0.134. The van der Waals surface area contributed by atoms with Gasteiger partial charge in [0, 0.05) is 41.1 Å². The van der Waals surface area contributed by atoms with Gasteiger partial charge in [-0.25, -0.2) is 9.97 Å². The Hall–Kier alpha value is -3.21. The molecule has 0 saturated carbocycles. The number of hydrogen-bond donors (Lipinski definition) is 0. The van der Waals surface area contributed by atoms with E-state index < -0.39 is 0 Å². The maximum Gasteiger partial charge on any atom is 0.166 e. The third-order valence-corrected chi connectivity index (χ3v) is 5.93. The van der Waals surface area contributed by atoms with Crippen LogP contribution in [-0.2, 0) is 12.8 Å². The number of rotatable bonds is 3. The third kappa shape index (κ3) is 3.48. The van der Waals surface area contributed by atoms with E-state index in [9.17, 15) is 0 Å². The fourth-order valence-corrected chi connectivity index (χ4v) is 4.72. The molecule has 5 heteroatoms. The number of benzene rings is 2. The van der Waals surface area contributed by atoms with Gasteiger partial charge < -0.3 is 9.47 Å². The Balaban J connectivity index is 1.72. The molecule has 5 nitrogen and oxygen atoms in total. The Morgan fingerprint density at radius 1 is 0.935 bits per heavy atom. The number of aromatic nitrogens is 2. The van der Waals surface area contributed by atoms with Gasteiger partial charge in [-0.15, -0.1) is 0 Å². The van der Waals surface area contributed by atoms with Crippen molar-refractivity contribution in [2.45, 2.75) is 51.7 Å². The summed E-state index contributed by atoms with van der Waals surface area (Å²) in [5.41, 5.74) is 7.35. The molecule has 5 rings (SSSR count). The molecular weight excluding hydrogens is 386 g/mol. The highest BCUT2D eigenvalue weighted by Crippen LogP contribution is 2.47. The average Bonchev–Trinajstić information content (AvgIpc) is 3.07. The van der Waals surface area contributed by atoms with E-state index in [-0.39, 0.29) is 11.1 Å². The lowest BCUT2D eigenvalue weighted by Crippen LogP contribution is -2.30. The Labute approximate surface area is 183 Å². The first-order chi connectivity index (χ1) is 14.8. The van der Waals surface area contributed by atoms with Crippen molar-refractivity contribution >= 4 is 5.71 Å². The highest BCUT2D eigenvalue weighted by atomic mass is 16.5. The smallest absolute Gasteiger partial charge is 0.166 e. The van der Waals surface area contributed by atoms with E-state index in [1.165, 1.54) is 16.7 Å². The van der Waals surface area contributed by atoms with Crippen LogP contribution in [0.5, 0.6) is 11.5 Å². The van der Waals surface area contributed by atoms with Crippen molar-refractivity contribution in [1.29, 1.82) is 0 Å². The molecule has 0 N–H and O–H groups in total. The number of methoxy groups -OCH3 is 1. The highest BCUT2D eigenvalue weighted by molar-refractivity contribution is 6.16. The minimum atomic E-state index is -0.272. The van der Waals surface area contributed by atoms with Gasteiger partial charge in [-0.1, -0.05) is 18.2 Å². The van der Waals surface area contributed by atoms with Crippen molar-refractivity contribution in [1.82, 2.24) is 9.97 Å². The molecule has 0 aliphatic carbocycles. The first kappa shape index (κ1) is 19.7. The maximum absolute atomic E-state index is 6.32. The number of nitrogens with zero attached hydrogens (tertiary/aromatic N) is 3. The fourth-order valence-electron chi connectivity index (χ4n) is 4.72. The van der Waals surface area contributed by atoms with Crippen molar-refractivity contribution in [2.75, 3.05) is 7.11 Å². The summed E-state index contributed by atoms with van der Waals surface area (Å²) in [6, 6.07) is 10.6.